The van der Waals surface area contributed by atoms with Crippen LogP contribution < -0.4 is 0 Å². The van der Waals surface area contributed by atoms with E-state index in [2.05, 4.69) is 15.9 Å². The lowest BCUT2D eigenvalue weighted by atomic mass is 10.2. The third kappa shape index (κ3) is 4.15. The minimum Gasteiger partial charge on any atom is -0.481 e. The van der Waals surface area contributed by atoms with Crippen molar-refractivity contribution in [2.75, 3.05) is 6.54 Å². The Morgan fingerprint density at radius 3 is 2.81 bits per heavy atom. The fraction of sp³-hybridized carbons (Fsp3) is 0.214. The van der Waals surface area contributed by atoms with E-state index in [1.54, 1.807) is 6.08 Å². The van der Waals surface area contributed by atoms with Crippen LogP contribution in [0.15, 0.2) is 33.6 Å². The maximum absolute atomic E-state index is 12.3. The Labute approximate surface area is 140 Å². The van der Waals surface area contributed by atoms with Crippen molar-refractivity contribution < 1.29 is 14.7 Å². The summed E-state index contributed by atoms with van der Waals surface area (Å²) in [5.41, 5.74) is 0.906. The van der Waals surface area contributed by atoms with E-state index < -0.39 is 5.97 Å². The molecular formula is C14H12BrNO3S2. The molecule has 21 heavy (non-hydrogen) atoms. The minimum atomic E-state index is -0.871. The predicted molar refractivity (Wildman–Crippen MR) is 90.9 cm³/mol. The van der Waals surface area contributed by atoms with Crippen molar-refractivity contribution in [3.05, 3.63) is 39.2 Å². The highest BCUT2D eigenvalue weighted by molar-refractivity contribution is 9.10. The molecule has 0 atom stereocenters. The SMILES string of the molecule is O=C(O)CCCN1C(=O)/C(=C\c2ccccc2Br)SC1=S. The molecule has 4 nitrogen and oxygen atoms in total. The Balaban J connectivity index is 2.11. The number of hydrogen-bond donors (Lipinski definition) is 1. The molecule has 1 saturated heterocycles. The first-order valence-corrected chi connectivity index (χ1v) is 8.22. The molecule has 0 radical (unpaired) electrons. The van der Waals surface area contributed by atoms with Gasteiger partial charge in [0.15, 0.2) is 0 Å². The van der Waals surface area contributed by atoms with E-state index in [0.29, 0.717) is 22.2 Å². The molecular weight excluding hydrogens is 374 g/mol. The summed E-state index contributed by atoms with van der Waals surface area (Å²) in [4.78, 5) is 24.8. The maximum Gasteiger partial charge on any atom is 0.303 e. The highest BCUT2D eigenvalue weighted by atomic mass is 79.9. The Morgan fingerprint density at radius 1 is 1.43 bits per heavy atom. The summed E-state index contributed by atoms with van der Waals surface area (Å²) in [5.74, 6) is -1.03. The van der Waals surface area contributed by atoms with Gasteiger partial charge in [-0.25, -0.2) is 0 Å². The number of thioether (sulfide) groups is 1. The lowest BCUT2D eigenvalue weighted by Gasteiger charge is -2.13. The minimum absolute atomic E-state index is 0.0281. The van der Waals surface area contributed by atoms with Gasteiger partial charge in [0.25, 0.3) is 5.91 Å². The third-order valence-corrected chi connectivity index (χ3v) is 4.94. The number of halogens is 1. The lowest BCUT2D eigenvalue weighted by Crippen LogP contribution is -2.29. The van der Waals surface area contributed by atoms with E-state index in [9.17, 15) is 9.59 Å². The Hall–Kier alpha value is -1.18. The van der Waals surface area contributed by atoms with Gasteiger partial charge in [0, 0.05) is 17.4 Å². The second-order valence-electron chi connectivity index (χ2n) is 4.35. The highest BCUT2D eigenvalue weighted by Crippen LogP contribution is 2.33. The van der Waals surface area contributed by atoms with Gasteiger partial charge >= 0.3 is 5.97 Å². The van der Waals surface area contributed by atoms with Gasteiger partial charge in [0.2, 0.25) is 0 Å². The molecule has 1 fully saturated rings. The first-order valence-electron chi connectivity index (χ1n) is 6.20. The Morgan fingerprint density at radius 2 is 2.14 bits per heavy atom. The van der Waals surface area contributed by atoms with Gasteiger partial charge in [0.1, 0.15) is 4.32 Å². The molecule has 1 aliphatic rings. The molecule has 1 aromatic carbocycles. The van der Waals surface area contributed by atoms with Crippen LogP contribution in [0, 0.1) is 0 Å². The van der Waals surface area contributed by atoms with Crippen molar-refractivity contribution in [2.45, 2.75) is 12.8 Å². The van der Waals surface area contributed by atoms with Gasteiger partial charge in [-0.15, -0.1) is 0 Å². The average molecular weight is 386 g/mol. The molecule has 7 heteroatoms. The molecule has 1 aliphatic heterocycles. The number of thiocarbonyl (C=S) groups is 1. The van der Waals surface area contributed by atoms with E-state index in [0.717, 1.165) is 10.0 Å². The normalized spacial score (nSPS) is 16.8. The zero-order valence-corrected chi connectivity index (χ0v) is 14.1. The first kappa shape index (κ1) is 16.2. The number of nitrogens with zero attached hydrogens (tertiary/aromatic N) is 1. The number of benzene rings is 1. The maximum atomic E-state index is 12.3. The molecule has 0 aliphatic carbocycles. The molecule has 1 N–H and O–H groups in total. The van der Waals surface area contributed by atoms with Gasteiger partial charge in [-0.3, -0.25) is 14.5 Å². The third-order valence-electron chi connectivity index (χ3n) is 2.84. The van der Waals surface area contributed by atoms with Gasteiger partial charge in [-0.2, -0.15) is 0 Å². The average Bonchev–Trinajstić information content (AvgIpc) is 2.68. The van der Waals surface area contributed by atoms with E-state index in [1.165, 1.54) is 16.7 Å². The molecule has 2 rings (SSSR count). The van der Waals surface area contributed by atoms with Crippen LogP contribution in [0.3, 0.4) is 0 Å². The summed E-state index contributed by atoms with van der Waals surface area (Å²) in [5, 5.41) is 8.64. The van der Waals surface area contributed by atoms with Crippen molar-refractivity contribution in [1.29, 1.82) is 0 Å². The van der Waals surface area contributed by atoms with Crippen LogP contribution in [-0.2, 0) is 9.59 Å². The molecule has 0 spiro atoms. The predicted octanol–water partition coefficient (Wildman–Crippen LogP) is 3.52. The summed E-state index contributed by atoms with van der Waals surface area (Å²) in [6, 6.07) is 7.60. The Bertz CT molecular complexity index is 630. The van der Waals surface area contributed by atoms with Gasteiger partial charge in [-0.1, -0.05) is 58.1 Å². The van der Waals surface area contributed by atoms with Crippen LogP contribution >= 0.6 is 39.9 Å². The van der Waals surface area contributed by atoms with E-state index in [-0.39, 0.29) is 12.3 Å². The number of carboxylic acids is 1. The van der Waals surface area contributed by atoms with Crippen LogP contribution in [0.5, 0.6) is 0 Å². The number of rotatable bonds is 5. The van der Waals surface area contributed by atoms with E-state index in [4.69, 9.17) is 17.3 Å². The summed E-state index contributed by atoms with van der Waals surface area (Å²) in [7, 11) is 0. The molecule has 1 heterocycles. The number of amides is 1. The standard InChI is InChI=1S/C14H12BrNO3S2/c15-10-5-2-1-4-9(10)8-11-13(19)16(14(20)21-11)7-3-6-12(17)18/h1-2,4-5,8H,3,6-7H2,(H,17,18)/b11-8+. The fourth-order valence-electron chi connectivity index (χ4n) is 1.81. The van der Waals surface area contributed by atoms with Crippen molar-refractivity contribution in [3.8, 4) is 0 Å². The number of carbonyl (C=O) groups is 2. The van der Waals surface area contributed by atoms with Gasteiger partial charge in [0.05, 0.1) is 4.91 Å². The van der Waals surface area contributed by atoms with Crippen molar-refractivity contribution in [1.82, 2.24) is 4.90 Å². The second-order valence-corrected chi connectivity index (χ2v) is 6.88. The molecule has 0 bridgehead atoms. The number of carbonyl (C=O) groups excluding carboxylic acids is 1. The van der Waals surface area contributed by atoms with Crippen molar-refractivity contribution in [2.24, 2.45) is 0 Å². The Kier molecular flexibility index (Phi) is 5.55. The van der Waals surface area contributed by atoms with Crippen LogP contribution in [0.2, 0.25) is 0 Å². The summed E-state index contributed by atoms with van der Waals surface area (Å²) >= 11 is 9.87. The number of aliphatic carboxylic acids is 1. The monoisotopic (exact) mass is 385 g/mol. The molecule has 1 aromatic rings. The largest absolute Gasteiger partial charge is 0.481 e. The first-order chi connectivity index (χ1) is 9.99. The van der Waals surface area contributed by atoms with Gasteiger partial charge < -0.3 is 5.11 Å². The van der Waals surface area contributed by atoms with Crippen LogP contribution in [0.4, 0.5) is 0 Å². The summed E-state index contributed by atoms with van der Waals surface area (Å²) < 4.78 is 1.38. The van der Waals surface area contributed by atoms with E-state index >= 15 is 0 Å². The van der Waals surface area contributed by atoms with Crippen molar-refractivity contribution in [3.63, 3.8) is 0 Å². The molecule has 110 valence electrons. The topological polar surface area (TPSA) is 57.6 Å². The number of hydrogen-bond acceptors (Lipinski definition) is 4. The number of carboxylic acid groups (broad SMARTS) is 1. The second kappa shape index (κ2) is 7.20. The van der Waals surface area contributed by atoms with Crippen molar-refractivity contribution >= 4 is 62.2 Å². The summed E-state index contributed by atoms with van der Waals surface area (Å²) in [6.45, 7) is 0.338. The summed E-state index contributed by atoms with van der Waals surface area (Å²) in [6.07, 6.45) is 2.21. The quantitative estimate of drug-likeness (QED) is 0.620. The molecule has 0 aromatic heterocycles. The molecule has 0 unspecified atom stereocenters. The molecule has 0 saturated carbocycles. The van der Waals surface area contributed by atoms with E-state index in [1.807, 2.05) is 24.3 Å². The highest BCUT2D eigenvalue weighted by Gasteiger charge is 2.31. The zero-order chi connectivity index (χ0) is 15.4. The van der Waals surface area contributed by atoms with Crippen LogP contribution in [0.25, 0.3) is 6.08 Å². The lowest BCUT2D eigenvalue weighted by molar-refractivity contribution is -0.137. The van der Waals surface area contributed by atoms with Crippen LogP contribution in [0.1, 0.15) is 18.4 Å². The van der Waals surface area contributed by atoms with Crippen LogP contribution in [-0.4, -0.2) is 32.7 Å². The smallest absolute Gasteiger partial charge is 0.303 e. The zero-order valence-electron chi connectivity index (χ0n) is 10.9. The molecule has 1 amide bonds. The fourth-order valence-corrected chi connectivity index (χ4v) is 3.51. The van der Waals surface area contributed by atoms with Gasteiger partial charge in [-0.05, 0) is 24.1 Å².